The van der Waals surface area contributed by atoms with Crippen LogP contribution in [0.25, 0.3) is 0 Å². The highest BCUT2D eigenvalue weighted by Crippen LogP contribution is 2.48. The Hall–Kier alpha value is -0.560. The molecule has 90 valence electrons. The zero-order chi connectivity index (χ0) is 11.7. The highest BCUT2D eigenvalue weighted by Gasteiger charge is 2.35. The maximum absolute atomic E-state index is 9.14. The maximum Gasteiger partial charge on any atom is 0.0639 e. The van der Waals surface area contributed by atoms with E-state index >= 15 is 0 Å². The van der Waals surface area contributed by atoms with Crippen LogP contribution in [-0.4, -0.2) is 11.7 Å². The Morgan fingerprint density at radius 2 is 2.12 bits per heavy atom. The molecule has 0 aromatic heterocycles. The second-order valence-electron chi connectivity index (χ2n) is 5.71. The first kappa shape index (κ1) is 11.9. The zero-order valence-electron chi connectivity index (χ0n) is 10.8. The predicted octanol–water partition coefficient (Wildman–Crippen LogP) is 3.70. The molecule has 0 spiro atoms. The number of rotatable bonds is 2. The van der Waals surface area contributed by atoms with Crippen LogP contribution in [0.2, 0.25) is 0 Å². The smallest absolute Gasteiger partial charge is 0.0639 e. The molecule has 3 atom stereocenters. The number of aliphatic hydroxyl groups excluding tert-OH is 1. The SMILES string of the molecule is CC1=C2C(CC1)[C@H](C)CC[C@@H]2/C=C(/C)CO. The van der Waals surface area contributed by atoms with E-state index in [9.17, 15) is 0 Å². The van der Waals surface area contributed by atoms with E-state index < -0.39 is 0 Å². The molecular formula is C15H24O. The van der Waals surface area contributed by atoms with E-state index in [4.69, 9.17) is 5.11 Å². The van der Waals surface area contributed by atoms with Crippen molar-refractivity contribution in [3.63, 3.8) is 0 Å². The topological polar surface area (TPSA) is 20.2 Å². The van der Waals surface area contributed by atoms with Gasteiger partial charge in [0.15, 0.2) is 0 Å². The Morgan fingerprint density at radius 1 is 1.38 bits per heavy atom. The average Bonchev–Trinajstić information content (AvgIpc) is 2.66. The predicted molar refractivity (Wildman–Crippen MR) is 68.2 cm³/mol. The van der Waals surface area contributed by atoms with Crippen molar-refractivity contribution in [2.45, 2.75) is 46.5 Å². The van der Waals surface area contributed by atoms with Crippen molar-refractivity contribution in [2.75, 3.05) is 6.61 Å². The molecule has 16 heavy (non-hydrogen) atoms. The lowest BCUT2D eigenvalue weighted by Gasteiger charge is -2.34. The molecule has 1 nitrogen and oxygen atoms in total. The first-order chi connectivity index (χ1) is 7.63. The van der Waals surface area contributed by atoms with E-state index in [0.29, 0.717) is 5.92 Å². The normalized spacial score (nSPS) is 35.5. The summed E-state index contributed by atoms with van der Waals surface area (Å²) in [5.74, 6) is 2.32. The molecule has 0 bridgehead atoms. The van der Waals surface area contributed by atoms with E-state index in [1.54, 1.807) is 11.1 Å². The first-order valence-corrected chi connectivity index (χ1v) is 6.61. The van der Waals surface area contributed by atoms with E-state index in [0.717, 1.165) is 17.4 Å². The van der Waals surface area contributed by atoms with Crippen LogP contribution >= 0.6 is 0 Å². The minimum absolute atomic E-state index is 0.211. The molecule has 1 saturated carbocycles. The van der Waals surface area contributed by atoms with Crippen LogP contribution in [0.1, 0.15) is 46.5 Å². The quantitative estimate of drug-likeness (QED) is 0.704. The number of allylic oxidation sites excluding steroid dienone is 3. The molecule has 0 aliphatic heterocycles. The van der Waals surface area contributed by atoms with Crippen molar-refractivity contribution in [1.82, 2.24) is 0 Å². The lowest BCUT2D eigenvalue weighted by molar-refractivity contribution is 0.296. The summed E-state index contributed by atoms with van der Waals surface area (Å²) >= 11 is 0. The van der Waals surface area contributed by atoms with Crippen LogP contribution in [0.5, 0.6) is 0 Å². The van der Waals surface area contributed by atoms with Gasteiger partial charge in [0.2, 0.25) is 0 Å². The van der Waals surface area contributed by atoms with Crippen molar-refractivity contribution in [2.24, 2.45) is 17.8 Å². The Kier molecular flexibility index (Phi) is 3.53. The number of hydrogen-bond donors (Lipinski definition) is 1. The van der Waals surface area contributed by atoms with Crippen LogP contribution in [0.3, 0.4) is 0 Å². The molecule has 2 aliphatic rings. The summed E-state index contributed by atoms with van der Waals surface area (Å²) in [7, 11) is 0. The summed E-state index contributed by atoms with van der Waals surface area (Å²) in [4.78, 5) is 0. The standard InChI is InChI=1S/C15H24O/c1-10(9-16)8-13-6-4-11(2)14-7-5-12(3)15(13)14/h8,11,13-14,16H,4-7,9H2,1-3H3/b10-8-/t11-,13-,14?/m1/s1. The van der Waals surface area contributed by atoms with E-state index in [2.05, 4.69) is 19.9 Å². The zero-order valence-corrected chi connectivity index (χ0v) is 10.8. The van der Waals surface area contributed by atoms with Gasteiger partial charge >= 0.3 is 0 Å². The minimum atomic E-state index is 0.211. The first-order valence-electron chi connectivity index (χ1n) is 6.61. The van der Waals surface area contributed by atoms with Crippen LogP contribution in [-0.2, 0) is 0 Å². The molecular weight excluding hydrogens is 196 g/mol. The fourth-order valence-corrected chi connectivity index (χ4v) is 3.54. The molecule has 0 aromatic carbocycles. The molecule has 0 heterocycles. The van der Waals surface area contributed by atoms with Gasteiger partial charge in [-0.25, -0.2) is 0 Å². The van der Waals surface area contributed by atoms with Crippen molar-refractivity contribution in [3.8, 4) is 0 Å². The fourth-order valence-electron chi connectivity index (χ4n) is 3.54. The molecule has 2 aliphatic carbocycles. The van der Waals surface area contributed by atoms with Gasteiger partial charge in [0.05, 0.1) is 6.61 Å². The second-order valence-corrected chi connectivity index (χ2v) is 5.71. The van der Waals surface area contributed by atoms with E-state index in [-0.39, 0.29) is 6.61 Å². The number of aliphatic hydroxyl groups is 1. The van der Waals surface area contributed by atoms with Crippen LogP contribution in [0.15, 0.2) is 22.8 Å². The van der Waals surface area contributed by atoms with Gasteiger partial charge in [-0.1, -0.05) is 29.7 Å². The van der Waals surface area contributed by atoms with Gasteiger partial charge in [-0.05, 0) is 57.3 Å². The molecule has 1 heteroatoms. The highest BCUT2D eigenvalue weighted by atomic mass is 16.3. The molecule has 1 unspecified atom stereocenters. The highest BCUT2D eigenvalue weighted by molar-refractivity contribution is 5.30. The van der Waals surface area contributed by atoms with Gasteiger partial charge in [-0.3, -0.25) is 0 Å². The van der Waals surface area contributed by atoms with E-state index in [1.165, 1.54) is 25.7 Å². The molecule has 0 radical (unpaired) electrons. The van der Waals surface area contributed by atoms with Gasteiger partial charge in [-0.2, -0.15) is 0 Å². The third-order valence-electron chi connectivity index (χ3n) is 4.48. The van der Waals surface area contributed by atoms with Crippen LogP contribution in [0, 0.1) is 17.8 Å². The largest absolute Gasteiger partial charge is 0.392 e. The third kappa shape index (κ3) is 2.10. The van der Waals surface area contributed by atoms with Crippen LogP contribution in [0.4, 0.5) is 0 Å². The lowest BCUT2D eigenvalue weighted by Crippen LogP contribution is -2.23. The molecule has 2 rings (SSSR count). The minimum Gasteiger partial charge on any atom is -0.392 e. The van der Waals surface area contributed by atoms with Crippen molar-refractivity contribution in [1.29, 1.82) is 0 Å². The Balaban J connectivity index is 2.24. The molecule has 0 aromatic rings. The molecule has 0 amide bonds. The average molecular weight is 220 g/mol. The van der Waals surface area contributed by atoms with Crippen molar-refractivity contribution >= 4 is 0 Å². The summed E-state index contributed by atoms with van der Waals surface area (Å²) in [6.45, 7) is 6.96. The molecule has 0 saturated heterocycles. The Labute approximate surface area is 99.3 Å². The van der Waals surface area contributed by atoms with Gasteiger partial charge in [0.25, 0.3) is 0 Å². The van der Waals surface area contributed by atoms with Gasteiger partial charge in [-0.15, -0.1) is 0 Å². The van der Waals surface area contributed by atoms with Crippen molar-refractivity contribution in [3.05, 3.63) is 22.8 Å². The summed E-state index contributed by atoms with van der Waals surface area (Å²) in [5, 5.41) is 9.14. The maximum atomic E-state index is 9.14. The van der Waals surface area contributed by atoms with Crippen molar-refractivity contribution < 1.29 is 5.11 Å². The Bertz CT molecular complexity index is 324. The lowest BCUT2D eigenvalue weighted by atomic mass is 9.71. The number of fused-ring (bicyclic) bond motifs is 1. The monoisotopic (exact) mass is 220 g/mol. The van der Waals surface area contributed by atoms with Gasteiger partial charge in [0.1, 0.15) is 0 Å². The summed E-state index contributed by atoms with van der Waals surface area (Å²) in [6.07, 6.45) is 7.60. The summed E-state index contributed by atoms with van der Waals surface area (Å²) in [6, 6.07) is 0. The van der Waals surface area contributed by atoms with E-state index in [1.807, 2.05) is 6.92 Å². The van der Waals surface area contributed by atoms with Gasteiger partial charge in [0, 0.05) is 0 Å². The fraction of sp³-hybridized carbons (Fsp3) is 0.733. The number of hydrogen-bond acceptors (Lipinski definition) is 1. The Morgan fingerprint density at radius 3 is 2.81 bits per heavy atom. The summed E-state index contributed by atoms with van der Waals surface area (Å²) in [5.41, 5.74) is 4.47. The second kappa shape index (κ2) is 4.75. The third-order valence-corrected chi connectivity index (χ3v) is 4.48. The van der Waals surface area contributed by atoms with Crippen LogP contribution < -0.4 is 0 Å². The summed E-state index contributed by atoms with van der Waals surface area (Å²) < 4.78 is 0. The molecule has 1 fully saturated rings. The van der Waals surface area contributed by atoms with Gasteiger partial charge < -0.3 is 5.11 Å². The molecule has 1 N–H and O–H groups in total.